The number of carbonyl (C=O) groups is 1. The van der Waals surface area contributed by atoms with Crippen molar-refractivity contribution in [1.82, 2.24) is 10.2 Å². The van der Waals surface area contributed by atoms with E-state index in [1.54, 1.807) is 0 Å². The third-order valence-electron chi connectivity index (χ3n) is 2.18. The van der Waals surface area contributed by atoms with E-state index in [0.29, 0.717) is 11.8 Å². The number of halogens is 2. The summed E-state index contributed by atoms with van der Waals surface area (Å²) in [5.41, 5.74) is 0.802. The summed E-state index contributed by atoms with van der Waals surface area (Å²) in [6.45, 7) is 0. The van der Waals surface area contributed by atoms with Crippen molar-refractivity contribution in [1.29, 1.82) is 0 Å². The van der Waals surface area contributed by atoms with Gasteiger partial charge in [0.25, 0.3) is 0 Å². The van der Waals surface area contributed by atoms with Gasteiger partial charge in [0.15, 0.2) is 0 Å². The van der Waals surface area contributed by atoms with Crippen LogP contribution in [0, 0.1) is 3.57 Å². The maximum atomic E-state index is 10.4. The molecule has 0 fully saturated rings. The highest BCUT2D eigenvalue weighted by Crippen LogP contribution is 2.28. The van der Waals surface area contributed by atoms with Crippen LogP contribution in [0.15, 0.2) is 27.1 Å². The zero-order chi connectivity index (χ0) is 13.1. The second kappa shape index (κ2) is 5.79. The standard InChI is InChI=1S/C11H8BrIN2O3/c12-8-2-1-6(13)5-7(8)11-15-14-9(18-11)3-4-10(16)17/h1-2,5H,3-4H2,(H,16,17). The molecule has 0 aliphatic heterocycles. The van der Waals surface area contributed by atoms with Gasteiger partial charge >= 0.3 is 5.97 Å². The van der Waals surface area contributed by atoms with Crippen molar-refractivity contribution in [3.05, 3.63) is 32.1 Å². The molecule has 0 amide bonds. The first-order chi connectivity index (χ1) is 8.56. The summed E-state index contributed by atoms with van der Waals surface area (Å²) >= 11 is 5.61. The van der Waals surface area contributed by atoms with E-state index in [1.165, 1.54) is 0 Å². The number of carboxylic acids is 1. The largest absolute Gasteiger partial charge is 0.481 e. The number of benzene rings is 1. The molecule has 0 saturated heterocycles. The fraction of sp³-hybridized carbons (Fsp3) is 0.182. The van der Waals surface area contributed by atoms with E-state index in [1.807, 2.05) is 18.2 Å². The van der Waals surface area contributed by atoms with Gasteiger partial charge in [-0.25, -0.2) is 0 Å². The third kappa shape index (κ3) is 3.29. The SMILES string of the molecule is O=C(O)CCc1nnc(-c2cc(I)ccc2Br)o1. The summed E-state index contributed by atoms with van der Waals surface area (Å²) < 4.78 is 7.35. The van der Waals surface area contributed by atoms with E-state index in [-0.39, 0.29) is 12.8 Å². The lowest BCUT2D eigenvalue weighted by atomic mass is 10.2. The number of carboxylic acid groups (broad SMARTS) is 1. The average Bonchev–Trinajstić information content (AvgIpc) is 2.78. The fourth-order valence-corrected chi connectivity index (χ4v) is 2.25. The predicted octanol–water partition coefficient (Wildman–Crippen LogP) is 3.12. The Bertz CT molecular complexity index is 585. The van der Waals surface area contributed by atoms with Crippen molar-refractivity contribution < 1.29 is 14.3 Å². The predicted molar refractivity (Wildman–Crippen MR) is 76.1 cm³/mol. The van der Waals surface area contributed by atoms with E-state index in [2.05, 4.69) is 48.7 Å². The molecule has 0 saturated carbocycles. The lowest BCUT2D eigenvalue weighted by Crippen LogP contribution is -1.97. The minimum Gasteiger partial charge on any atom is -0.481 e. The van der Waals surface area contributed by atoms with E-state index < -0.39 is 5.97 Å². The summed E-state index contributed by atoms with van der Waals surface area (Å²) in [5, 5.41) is 16.3. The van der Waals surface area contributed by atoms with Crippen molar-refractivity contribution >= 4 is 44.5 Å². The Kier molecular flexibility index (Phi) is 4.33. The Morgan fingerprint density at radius 2 is 2.22 bits per heavy atom. The van der Waals surface area contributed by atoms with Gasteiger partial charge in [-0.3, -0.25) is 4.79 Å². The third-order valence-corrected chi connectivity index (χ3v) is 3.54. The summed E-state index contributed by atoms with van der Waals surface area (Å²) in [6.07, 6.45) is 0.221. The van der Waals surface area contributed by atoms with Crippen LogP contribution in [0.3, 0.4) is 0 Å². The summed E-state index contributed by atoms with van der Waals surface area (Å²) in [5.74, 6) is -0.163. The first-order valence-corrected chi connectivity index (χ1v) is 6.93. The smallest absolute Gasteiger partial charge is 0.303 e. The maximum Gasteiger partial charge on any atom is 0.303 e. The van der Waals surface area contributed by atoms with Gasteiger partial charge in [0.2, 0.25) is 11.8 Å². The second-order valence-corrected chi connectivity index (χ2v) is 5.62. The van der Waals surface area contributed by atoms with Crippen LogP contribution >= 0.6 is 38.5 Å². The second-order valence-electron chi connectivity index (χ2n) is 3.52. The van der Waals surface area contributed by atoms with Crippen LogP contribution in [0.1, 0.15) is 12.3 Å². The molecular weight excluding hydrogens is 415 g/mol. The highest BCUT2D eigenvalue weighted by atomic mass is 127. The van der Waals surface area contributed by atoms with Gasteiger partial charge in [-0.15, -0.1) is 10.2 Å². The average molecular weight is 423 g/mol. The quantitative estimate of drug-likeness (QED) is 0.766. The van der Waals surface area contributed by atoms with Gasteiger partial charge in [-0.05, 0) is 56.7 Å². The van der Waals surface area contributed by atoms with Crippen LogP contribution in [-0.2, 0) is 11.2 Å². The normalized spacial score (nSPS) is 10.6. The van der Waals surface area contributed by atoms with Crippen molar-refractivity contribution in [2.75, 3.05) is 0 Å². The van der Waals surface area contributed by atoms with Gasteiger partial charge in [0.05, 0.1) is 12.0 Å². The Morgan fingerprint density at radius 3 is 2.94 bits per heavy atom. The molecule has 7 heteroatoms. The van der Waals surface area contributed by atoms with Crippen LogP contribution in [0.4, 0.5) is 0 Å². The Hall–Kier alpha value is -0.960. The van der Waals surface area contributed by atoms with Gasteiger partial charge in [0, 0.05) is 14.5 Å². The van der Waals surface area contributed by atoms with Crippen molar-refractivity contribution in [2.45, 2.75) is 12.8 Å². The van der Waals surface area contributed by atoms with Crippen LogP contribution < -0.4 is 0 Å². The topological polar surface area (TPSA) is 76.2 Å². The summed E-state index contributed by atoms with van der Waals surface area (Å²) in [7, 11) is 0. The molecule has 0 aliphatic rings. The van der Waals surface area contributed by atoms with Gasteiger partial charge < -0.3 is 9.52 Å². The number of nitrogens with zero attached hydrogens (tertiary/aromatic N) is 2. The molecule has 1 N–H and O–H groups in total. The first kappa shape index (κ1) is 13.5. The Balaban J connectivity index is 2.23. The molecule has 0 unspecified atom stereocenters. The fourth-order valence-electron chi connectivity index (χ4n) is 1.34. The van der Waals surface area contributed by atoms with E-state index in [9.17, 15) is 4.79 Å². The Morgan fingerprint density at radius 1 is 1.44 bits per heavy atom. The van der Waals surface area contributed by atoms with Crippen molar-refractivity contribution in [3.8, 4) is 11.5 Å². The molecule has 0 atom stereocenters. The number of hydrogen-bond donors (Lipinski definition) is 1. The number of aliphatic carboxylic acids is 1. The molecule has 0 bridgehead atoms. The van der Waals surface area contributed by atoms with Gasteiger partial charge in [-0.2, -0.15) is 0 Å². The highest BCUT2D eigenvalue weighted by molar-refractivity contribution is 14.1. The van der Waals surface area contributed by atoms with Gasteiger partial charge in [0.1, 0.15) is 0 Å². The molecule has 5 nitrogen and oxygen atoms in total. The zero-order valence-corrected chi connectivity index (χ0v) is 12.8. The van der Waals surface area contributed by atoms with E-state index >= 15 is 0 Å². The van der Waals surface area contributed by atoms with Gasteiger partial charge in [-0.1, -0.05) is 0 Å². The summed E-state index contributed by atoms with van der Waals surface area (Å²) in [4.78, 5) is 10.4. The monoisotopic (exact) mass is 422 g/mol. The van der Waals surface area contributed by atoms with E-state index in [0.717, 1.165) is 13.6 Å². The van der Waals surface area contributed by atoms with Crippen LogP contribution in [-0.4, -0.2) is 21.3 Å². The lowest BCUT2D eigenvalue weighted by molar-refractivity contribution is -0.137. The molecule has 2 aromatic rings. The molecule has 0 spiro atoms. The molecule has 18 heavy (non-hydrogen) atoms. The van der Waals surface area contributed by atoms with E-state index in [4.69, 9.17) is 9.52 Å². The molecule has 1 heterocycles. The molecule has 0 radical (unpaired) electrons. The molecule has 1 aromatic carbocycles. The number of hydrogen-bond acceptors (Lipinski definition) is 4. The summed E-state index contributed by atoms with van der Waals surface area (Å²) in [6, 6.07) is 5.77. The minimum atomic E-state index is -0.884. The zero-order valence-electron chi connectivity index (χ0n) is 9.06. The number of aryl methyl sites for hydroxylation is 1. The highest BCUT2D eigenvalue weighted by Gasteiger charge is 2.12. The Labute approximate surface area is 125 Å². The van der Waals surface area contributed by atoms with Crippen molar-refractivity contribution in [2.24, 2.45) is 0 Å². The lowest BCUT2D eigenvalue weighted by Gasteiger charge is -1.99. The molecular formula is C11H8BrIN2O3. The van der Waals surface area contributed by atoms with Crippen LogP contribution in [0.5, 0.6) is 0 Å². The minimum absolute atomic E-state index is 0.0187. The van der Waals surface area contributed by atoms with Crippen LogP contribution in [0.25, 0.3) is 11.5 Å². The number of rotatable bonds is 4. The van der Waals surface area contributed by atoms with Crippen molar-refractivity contribution in [3.63, 3.8) is 0 Å². The molecule has 2 rings (SSSR count). The first-order valence-electron chi connectivity index (χ1n) is 5.06. The molecule has 0 aliphatic carbocycles. The maximum absolute atomic E-state index is 10.4. The number of aromatic nitrogens is 2. The molecule has 1 aromatic heterocycles. The van der Waals surface area contributed by atoms with Crippen LogP contribution in [0.2, 0.25) is 0 Å². The molecule has 94 valence electrons.